The van der Waals surface area contributed by atoms with E-state index in [0.717, 1.165) is 12.8 Å². The summed E-state index contributed by atoms with van der Waals surface area (Å²) in [5, 5.41) is 6.26. The topological polar surface area (TPSA) is 77.8 Å². The molecular weight excluding hydrogens is 260 g/mol. The highest BCUT2D eigenvalue weighted by atomic mass is 32.1. The maximum absolute atomic E-state index is 5.57. The van der Waals surface area contributed by atoms with E-state index in [2.05, 4.69) is 27.3 Å². The molecule has 0 saturated heterocycles. The van der Waals surface area contributed by atoms with Crippen LogP contribution in [0.25, 0.3) is 11.6 Å². The van der Waals surface area contributed by atoms with Gasteiger partial charge in [0.25, 0.3) is 5.89 Å². The van der Waals surface area contributed by atoms with E-state index in [-0.39, 0.29) is 0 Å². The van der Waals surface area contributed by atoms with Gasteiger partial charge in [-0.05, 0) is 12.0 Å². The molecule has 0 spiro atoms. The number of rotatable bonds is 4. The smallest absolute Gasteiger partial charge is 0.277 e. The largest absolute Gasteiger partial charge is 0.375 e. The molecule has 2 aromatic heterocycles. The van der Waals surface area contributed by atoms with Crippen molar-refractivity contribution in [3.8, 4) is 11.6 Å². The van der Waals surface area contributed by atoms with E-state index in [0.29, 0.717) is 22.5 Å². The quantitative estimate of drug-likeness (QED) is 0.789. The predicted octanol–water partition coefficient (Wildman–Crippen LogP) is 2.56. The summed E-state index contributed by atoms with van der Waals surface area (Å²) in [6.07, 6.45) is 1.63. The van der Waals surface area contributed by atoms with Crippen LogP contribution in [0.5, 0.6) is 0 Å². The summed E-state index contributed by atoms with van der Waals surface area (Å²) in [6, 6.07) is 10.2. The molecule has 0 aliphatic carbocycles. The van der Waals surface area contributed by atoms with Crippen LogP contribution in [0.2, 0.25) is 0 Å². The Bertz CT molecular complexity index is 662. The molecule has 2 heterocycles. The monoisotopic (exact) mass is 272 g/mol. The zero-order valence-corrected chi connectivity index (χ0v) is 10.9. The van der Waals surface area contributed by atoms with Crippen LogP contribution in [0.1, 0.15) is 11.4 Å². The summed E-state index contributed by atoms with van der Waals surface area (Å²) >= 11 is 1.36. The van der Waals surface area contributed by atoms with Gasteiger partial charge in [0.05, 0.1) is 0 Å². The Kier molecular flexibility index (Phi) is 3.24. The van der Waals surface area contributed by atoms with E-state index in [1.54, 1.807) is 0 Å². The SMILES string of the molecule is Nc1nc(-c2nc(CCc3ccccc3)no2)cs1. The number of hydrogen-bond donors (Lipinski definition) is 1. The first kappa shape index (κ1) is 11.9. The van der Waals surface area contributed by atoms with Gasteiger partial charge in [-0.25, -0.2) is 4.98 Å². The first-order chi connectivity index (χ1) is 9.31. The van der Waals surface area contributed by atoms with Crippen LogP contribution in [0.4, 0.5) is 5.13 Å². The third-order valence-electron chi connectivity index (χ3n) is 2.69. The highest BCUT2D eigenvalue weighted by Crippen LogP contribution is 2.21. The average molecular weight is 272 g/mol. The van der Waals surface area contributed by atoms with Crippen molar-refractivity contribution in [3.63, 3.8) is 0 Å². The Hall–Kier alpha value is -2.21. The molecule has 0 unspecified atom stereocenters. The zero-order valence-electron chi connectivity index (χ0n) is 10.1. The van der Waals surface area contributed by atoms with Crippen molar-refractivity contribution in [2.24, 2.45) is 0 Å². The van der Waals surface area contributed by atoms with Gasteiger partial charge in [-0.2, -0.15) is 4.98 Å². The van der Waals surface area contributed by atoms with Gasteiger partial charge in [0.15, 0.2) is 11.0 Å². The first-order valence-electron chi connectivity index (χ1n) is 5.89. The molecule has 0 amide bonds. The molecule has 0 saturated carbocycles. The van der Waals surface area contributed by atoms with Gasteiger partial charge in [0, 0.05) is 11.8 Å². The van der Waals surface area contributed by atoms with E-state index in [4.69, 9.17) is 10.3 Å². The van der Waals surface area contributed by atoms with Crippen molar-refractivity contribution in [1.82, 2.24) is 15.1 Å². The van der Waals surface area contributed by atoms with Crippen molar-refractivity contribution in [3.05, 3.63) is 47.1 Å². The van der Waals surface area contributed by atoms with Crippen LogP contribution in [-0.4, -0.2) is 15.1 Å². The normalized spacial score (nSPS) is 10.7. The molecule has 3 rings (SSSR count). The molecule has 0 atom stereocenters. The Balaban J connectivity index is 1.68. The number of hydrogen-bond acceptors (Lipinski definition) is 6. The number of anilines is 1. The lowest BCUT2D eigenvalue weighted by Gasteiger charge is -1.96. The summed E-state index contributed by atoms with van der Waals surface area (Å²) < 4.78 is 5.18. The Morgan fingerprint density at radius 2 is 1.95 bits per heavy atom. The van der Waals surface area contributed by atoms with E-state index < -0.39 is 0 Å². The minimum Gasteiger partial charge on any atom is -0.375 e. The summed E-state index contributed by atoms with van der Waals surface area (Å²) in [4.78, 5) is 8.43. The van der Waals surface area contributed by atoms with Gasteiger partial charge in [0.2, 0.25) is 0 Å². The fraction of sp³-hybridized carbons (Fsp3) is 0.154. The third kappa shape index (κ3) is 2.79. The molecule has 0 bridgehead atoms. The van der Waals surface area contributed by atoms with Gasteiger partial charge in [-0.1, -0.05) is 35.5 Å². The molecule has 2 N–H and O–H groups in total. The minimum absolute atomic E-state index is 0.427. The van der Waals surface area contributed by atoms with Gasteiger partial charge in [0.1, 0.15) is 5.69 Å². The highest BCUT2D eigenvalue weighted by molar-refractivity contribution is 7.13. The van der Waals surface area contributed by atoms with Crippen molar-refractivity contribution in [1.29, 1.82) is 0 Å². The van der Waals surface area contributed by atoms with Crippen LogP contribution in [-0.2, 0) is 12.8 Å². The molecule has 19 heavy (non-hydrogen) atoms. The van der Waals surface area contributed by atoms with Crippen molar-refractivity contribution in [2.45, 2.75) is 12.8 Å². The minimum atomic E-state index is 0.427. The Labute approximate surface area is 114 Å². The molecule has 6 heteroatoms. The lowest BCUT2D eigenvalue weighted by atomic mass is 10.1. The number of thiazole rings is 1. The predicted molar refractivity (Wildman–Crippen MR) is 73.7 cm³/mol. The molecular formula is C13H12N4OS. The lowest BCUT2D eigenvalue weighted by molar-refractivity contribution is 0.421. The molecule has 5 nitrogen and oxygen atoms in total. The van der Waals surface area contributed by atoms with Gasteiger partial charge >= 0.3 is 0 Å². The van der Waals surface area contributed by atoms with Gasteiger partial charge in [-0.3, -0.25) is 0 Å². The maximum Gasteiger partial charge on any atom is 0.277 e. The van der Waals surface area contributed by atoms with E-state index in [1.165, 1.54) is 16.9 Å². The molecule has 1 aromatic carbocycles. The Morgan fingerprint density at radius 3 is 2.68 bits per heavy atom. The second-order valence-corrected chi connectivity index (χ2v) is 4.96. The average Bonchev–Trinajstić information content (AvgIpc) is 3.06. The third-order valence-corrected chi connectivity index (χ3v) is 3.36. The van der Waals surface area contributed by atoms with E-state index >= 15 is 0 Å². The van der Waals surface area contributed by atoms with Crippen LogP contribution >= 0.6 is 11.3 Å². The number of nitrogens with two attached hydrogens (primary N) is 1. The van der Waals surface area contributed by atoms with Crippen molar-refractivity contribution in [2.75, 3.05) is 5.73 Å². The first-order valence-corrected chi connectivity index (χ1v) is 6.77. The highest BCUT2D eigenvalue weighted by Gasteiger charge is 2.11. The van der Waals surface area contributed by atoms with E-state index in [9.17, 15) is 0 Å². The molecule has 96 valence electrons. The molecule has 0 radical (unpaired) electrons. The summed E-state index contributed by atoms with van der Waals surface area (Å²) in [5.74, 6) is 1.11. The fourth-order valence-corrected chi connectivity index (χ4v) is 2.28. The summed E-state index contributed by atoms with van der Waals surface area (Å²) in [6.45, 7) is 0. The van der Waals surface area contributed by atoms with Crippen molar-refractivity contribution >= 4 is 16.5 Å². The number of aryl methyl sites for hydroxylation is 2. The molecule has 0 aliphatic heterocycles. The molecule has 3 aromatic rings. The van der Waals surface area contributed by atoms with Crippen LogP contribution in [0, 0.1) is 0 Å². The number of nitrogen functional groups attached to an aromatic ring is 1. The van der Waals surface area contributed by atoms with Gasteiger partial charge in [-0.15, -0.1) is 11.3 Å². The number of nitrogens with zero attached hydrogens (tertiary/aromatic N) is 3. The fourth-order valence-electron chi connectivity index (χ4n) is 1.75. The van der Waals surface area contributed by atoms with Crippen LogP contribution in [0.15, 0.2) is 40.2 Å². The van der Waals surface area contributed by atoms with E-state index in [1.807, 2.05) is 23.6 Å². The van der Waals surface area contributed by atoms with Crippen molar-refractivity contribution < 1.29 is 4.52 Å². The number of aromatic nitrogens is 3. The molecule has 0 aliphatic rings. The maximum atomic E-state index is 5.57. The second-order valence-electron chi connectivity index (χ2n) is 4.07. The lowest BCUT2D eigenvalue weighted by Crippen LogP contribution is -1.93. The Morgan fingerprint density at radius 1 is 1.11 bits per heavy atom. The van der Waals surface area contributed by atoms with Crippen LogP contribution < -0.4 is 5.73 Å². The van der Waals surface area contributed by atoms with Crippen LogP contribution in [0.3, 0.4) is 0 Å². The molecule has 0 fully saturated rings. The van der Waals surface area contributed by atoms with Gasteiger partial charge < -0.3 is 10.3 Å². The standard InChI is InChI=1S/C13H12N4OS/c14-13-15-10(8-19-13)12-16-11(17-18-12)7-6-9-4-2-1-3-5-9/h1-5,8H,6-7H2,(H2,14,15). The summed E-state index contributed by atoms with van der Waals surface area (Å²) in [5.41, 5.74) is 7.47. The second kappa shape index (κ2) is 5.19. The number of benzene rings is 1. The zero-order chi connectivity index (χ0) is 13.1. The summed E-state index contributed by atoms with van der Waals surface area (Å²) in [7, 11) is 0.